The number of carbonyl (C=O) groups is 3. The van der Waals surface area contributed by atoms with Gasteiger partial charge in [0.25, 0.3) is 0 Å². The second kappa shape index (κ2) is 34.2. The van der Waals surface area contributed by atoms with E-state index in [2.05, 4.69) is 0 Å². The Morgan fingerprint density at radius 3 is 0.777 bits per heavy atom. The van der Waals surface area contributed by atoms with Crippen LogP contribution in [0.25, 0.3) is 0 Å². The molecule has 8 aromatic rings. The molecule has 0 aliphatic carbocycles. The number of methoxy groups -OCH3 is 1. The predicted molar refractivity (Wildman–Crippen MR) is 339 cm³/mol. The summed E-state index contributed by atoms with van der Waals surface area (Å²) in [5, 5.41) is 22.7. The first-order valence-corrected chi connectivity index (χ1v) is 31.2. The Kier molecular flexibility index (Phi) is 24.4. The van der Waals surface area contributed by atoms with Crippen LogP contribution in [0.15, 0.2) is 243 Å². The molecule has 8 aromatic carbocycles. The second-order valence-electron chi connectivity index (χ2n) is 22.8. The van der Waals surface area contributed by atoms with Crippen molar-refractivity contribution in [3.63, 3.8) is 0 Å². The molecule has 3 aliphatic rings. The molecule has 3 fully saturated rings. The lowest BCUT2D eigenvalue weighted by Crippen LogP contribution is -2.69. The quantitative estimate of drug-likeness (QED) is 0.0386. The molecule has 0 aromatic heterocycles. The number of ether oxygens (including phenoxy) is 14. The Balaban J connectivity index is 1.02. The minimum absolute atomic E-state index is 0.00107. The molecule has 0 spiro atoms. The number of benzene rings is 8. The van der Waals surface area contributed by atoms with E-state index in [0.29, 0.717) is 11.1 Å². The second-order valence-corrected chi connectivity index (χ2v) is 22.8. The molecule has 0 saturated carbocycles. The maximum atomic E-state index is 15.0. The van der Waals surface area contributed by atoms with Gasteiger partial charge in [-0.1, -0.05) is 243 Å². The van der Waals surface area contributed by atoms with Gasteiger partial charge in [0.15, 0.2) is 37.2 Å². The van der Waals surface area contributed by atoms with Gasteiger partial charge in [0, 0.05) is 0 Å². The standard InChI is InChI=1S/C75H76O19/c1-81-72(80)66-63(91-74-68(87-47-55-36-20-7-21-37-55)59(83-43-51-28-12-3-13-29-51)58(64(93-74)70(76)77)82-42-50-26-10-2-11-27-50)61(85-45-53-32-16-5-17-33-53)69(88-48-56-38-22-8-23-39-56)75(94-66)90-62-60(84-44-52-30-14-4-15-31-52)67(86-46-54-34-18-6-19-35-54)73(92-65(62)71(78)79)89-49-57-40-24-9-25-41-57/h2-41,58-69,73-75H,42-49H2,1H3,(H,76,77)(H,78,79)/t58-,59+,60+,61+,62-,63-,64+,65+,66+,67-,68-,69-,73-,74+,75+/m1/s1. The summed E-state index contributed by atoms with van der Waals surface area (Å²) in [6.07, 6.45) is -23.0. The summed E-state index contributed by atoms with van der Waals surface area (Å²) in [6, 6.07) is 74.4. The van der Waals surface area contributed by atoms with Crippen LogP contribution in [0.4, 0.5) is 0 Å². The van der Waals surface area contributed by atoms with E-state index in [1.54, 1.807) is 0 Å². The van der Waals surface area contributed by atoms with E-state index in [1.807, 2.05) is 243 Å². The normalized spacial score (nSPS) is 26.0. The van der Waals surface area contributed by atoms with Crippen molar-refractivity contribution in [1.29, 1.82) is 0 Å². The van der Waals surface area contributed by atoms with Crippen LogP contribution < -0.4 is 0 Å². The summed E-state index contributed by atoms with van der Waals surface area (Å²) in [6.45, 7) is -0.400. The van der Waals surface area contributed by atoms with E-state index >= 15 is 0 Å². The van der Waals surface area contributed by atoms with Crippen molar-refractivity contribution >= 4 is 17.9 Å². The van der Waals surface area contributed by atoms with Crippen LogP contribution in [0.5, 0.6) is 0 Å². The van der Waals surface area contributed by atoms with Crippen LogP contribution in [-0.2, 0) is 134 Å². The van der Waals surface area contributed by atoms with E-state index in [1.165, 1.54) is 0 Å². The maximum Gasteiger partial charge on any atom is 0.337 e. The third-order valence-electron chi connectivity index (χ3n) is 16.2. The van der Waals surface area contributed by atoms with Gasteiger partial charge in [0.1, 0.15) is 54.9 Å². The van der Waals surface area contributed by atoms with Gasteiger partial charge in [-0.05, 0) is 44.5 Å². The summed E-state index contributed by atoms with van der Waals surface area (Å²) in [5.41, 5.74) is 5.95. The van der Waals surface area contributed by atoms with E-state index in [-0.39, 0.29) is 52.9 Å². The molecule has 15 atom stereocenters. The molecule has 19 heteroatoms. The van der Waals surface area contributed by atoms with Crippen LogP contribution in [0.1, 0.15) is 44.5 Å². The fourth-order valence-electron chi connectivity index (χ4n) is 11.5. The fraction of sp³-hybridized carbons (Fsp3) is 0.320. The zero-order valence-corrected chi connectivity index (χ0v) is 51.7. The van der Waals surface area contributed by atoms with E-state index in [0.717, 1.165) is 40.5 Å². The van der Waals surface area contributed by atoms with Crippen molar-refractivity contribution in [1.82, 2.24) is 0 Å². The third-order valence-corrected chi connectivity index (χ3v) is 16.2. The molecular weight excluding hydrogens is 1200 g/mol. The van der Waals surface area contributed by atoms with E-state index in [9.17, 15) is 24.6 Å². The van der Waals surface area contributed by atoms with Crippen molar-refractivity contribution in [3.05, 3.63) is 287 Å². The van der Waals surface area contributed by atoms with Gasteiger partial charge in [0.2, 0.25) is 0 Å². The van der Waals surface area contributed by atoms with Crippen LogP contribution in [0, 0.1) is 0 Å². The minimum atomic E-state index is -1.86. The lowest BCUT2D eigenvalue weighted by atomic mass is 9.94. The smallest absolute Gasteiger partial charge is 0.337 e. The van der Waals surface area contributed by atoms with Gasteiger partial charge in [0.05, 0.1) is 60.0 Å². The molecule has 11 rings (SSSR count). The molecule has 3 heterocycles. The van der Waals surface area contributed by atoms with Gasteiger partial charge >= 0.3 is 17.9 Å². The summed E-state index contributed by atoms with van der Waals surface area (Å²) in [5.74, 6) is -3.86. The van der Waals surface area contributed by atoms with E-state index < -0.39 is 110 Å². The Labute approximate surface area is 545 Å². The molecule has 2 N–H and O–H groups in total. The summed E-state index contributed by atoms with van der Waals surface area (Å²) in [4.78, 5) is 42.9. The van der Waals surface area contributed by atoms with Crippen LogP contribution >= 0.6 is 0 Å². The molecule has 19 nitrogen and oxygen atoms in total. The van der Waals surface area contributed by atoms with Gasteiger partial charge in [-0.3, -0.25) is 0 Å². The molecule has 0 unspecified atom stereocenters. The first-order valence-electron chi connectivity index (χ1n) is 31.2. The molecule has 94 heavy (non-hydrogen) atoms. The molecule has 0 amide bonds. The van der Waals surface area contributed by atoms with Crippen LogP contribution in [0.2, 0.25) is 0 Å². The number of hydrogen-bond donors (Lipinski definition) is 2. The SMILES string of the molecule is COC(=O)[C@H]1O[C@H](O[C@@H]2[C@H](OCc3ccccc3)[C@@H](OCc3ccccc3)[C@H](OCc3ccccc3)O[C@@H]2C(=O)O)[C@H](OCc2ccccc2)[C@@H](OCc2ccccc2)[C@H]1O[C@H]1O[C@H](C(=O)O)[C@H](OCc2ccccc2)[C@H](OCc2ccccc2)[C@H]1OCc1ccccc1. The molecule has 3 aliphatic heterocycles. The zero-order valence-electron chi connectivity index (χ0n) is 51.7. The molecule has 0 radical (unpaired) electrons. The number of rotatable bonds is 31. The Morgan fingerprint density at radius 2 is 0.489 bits per heavy atom. The molecular formula is C75H76O19. The zero-order chi connectivity index (χ0) is 64.9. The van der Waals surface area contributed by atoms with Crippen molar-refractivity contribution in [3.8, 4) is 0 Å². The Hall–Kier alpha value is -8.35. The van der Waals surface area contributed by atoms with Crippen molar-refractivity contribution < 1.29 is 90.9 Å². The first-order chi connectivity index (χ1) is 46.1. The minimum Gasteiger partial charge on any atom is -0.479 e. The highest BCUT2D eigenvalue weighted by atomic mass is 16.8. The van der Waals surface area contributed by atoms with Crippen LogP contribution in [0.3, 0.4) is 0 Å². The molecule has 0 bridgehead atoms. The van der Waals surface area contributed by atoms with Crippen molar-refractivity contribution in [2.24, 2.45) is 0 Å². The summed E-state index contributed by atoms with van der Waals surface area (Å²) < 4.78 is 94.5. The summed E-state index contributed by atoms with van der Waals surface area (Å²) >= 11 is 0. The highest BCUT2D eigenvalue weighted by Crippen LogP contribution is 2.40. The number of carbonyl (C=O) groups excluding carboxylic acids is 1. The Bertz CT molecular complexity index is 3530. The highest BCUT2D eigenvalue weighted by molar-refractivity contribution is 5.76. The molecule has 490 valence electrons. The lowest BCUT2D eigenvalue weighted by Gasteiger charge is -2.50. The maximum absolute atomic E-state index is 15.0. The van der Waals surface area contributed by atoms with Gasteiger partial charge < -0.3 is 76.5 Å². The monoisotopic (exact) mass is 1280 g/mol. The average molecular weight is 1280 g/mol. The fourth-order valence-corrected chi connectivity index (χ4v) is 11.5. The van der Waals surface area contributed by atoms with Gasteiger partial charge in [-0.2, -0.15) is 0 Å². The lowest BCUT2D eigenvalue weighted by molar-refractivity contribution is -0.386. The third kappa shape index (κ3) is 18.1. The number of carboxylic acids is 2. The highest BCUT2D eigenvalue weighted by Gasteiger charge is 2.60. The van der Waals surface area contributed by atoms with E-state index in [4.69, 9.17) is 66.3 Å². The number of hydrogen-bond acceptors (Lipinski definition) is 17. The number of aliphatic carboxylic acids is 2. The van der Waals surface area contributed by atoms with Gasteiger partial charge in [-0.15, -0.1) is 0 Å². The van der Waals surface area contributed by atoms with Gasteiger partial charge in [-0.25, -0.2) is 14.4 Å². The predicted octanol–water partition coefficient (Wildman–Crippen LogP) is 10.6. The molecule has 3 saturated heterocycles. The Morgan fingerprint density at radius 1 is 0.277 bits per heavy atom. The van der Waals surface area contributed by atoms with Crippen molar-refractivity contribution in [2.75, 3.05) is 7.11 Å². The van der Waals surface area contributed by atoms with Crippen LogP contribution in [-0.4, -0.2) is 127 Å². The first kappa shape index (κ1) is 67.1. The number of esters is 1. The summed E-state index contributed by atoms with van der Waals surface area (Å²) in [7, 11) is 1.16. The largest absolute Gasteiger partial charge is 0.479 e. The van der Waals surface area contributed by atoms with Crippen molar-refractivity contribution in [2.45, 2.75) is 145 Å². The number of carboxylic acid groups (broad SMARTS) is 2. The average Bonchev–Trinajstić information content (AvgIpc) is 0.767. The topological polar surface area (TPSA) is 221 Å².